The van der Waals surface area contributed by atoms with Gasteiger partial charge >= 0.3 is 0 Å². The van der Waals surface area contributed by atoms with Gasteiger partial charge in [-0.05, 0) is 42.8 Å². The van der Waals surface area contributed by atoms with Crippen LogP contribution in [-0.2, 0) is 6.61 Å². The summed E-state index contributed by atoms with van der Waals surface area (Å²) >= 11 is 0. The highest BCUT2D eigenvalue weighted by Crippen LogP contribution is 2.39. The van der Waals surface area contributed by atoms with E-state index in [0.29, 0.717) is 22.9 Å². The molecule has 0 spiro atoms. The fourth-order valence-corrected chi connectivity index (χ4v) is 4.33. The van der Waals surface area contributed by atoms with Crippen LogP contribution in [0.2, 0.25) is 0 Å². The fraction of sp³-hybridized carbons (Fsp3) is 0.320. The normalized spacial score (nSPS) is 16.0. The van der Waals surface area contributed by atoms with Crippen molar-refractivity contribution >= 4 is 16.6 Å². The molecule has 1 aromatic carbocycles. The van der Waals surface area contributed by atoms with Gasteiger partial charge in [0.15, 0.2) is 5.82 Å². The zero-order valence-corrected chi connectivity index (χ0v) is 18.8. The van der Waals surface area contributed by atoms with E-state index in [4.69, 9.17) is 10.7 Å². The smallest absolute Gasteiger partial charge is 0.282 e. The number of hydrogen-bond acceptors (Lipinski definition) is 6. The Bertz CT molecular complexity index is 1330. The molecule has 7 nitrogen and oxygen atoms in total. The summed E-state index contributed by atoms with van der Waals surface area (Å²) in [6.45, 7) is 1.20. The van der Waals surface area contributed by atoms with E-state index in [1.54, 1.807) is 34.0 Å². The lowest BCUT2D eigenvalue weighted by molar-refractivity contribution is -0.0261. The Morgan fingerprint density at radius 1 is 1.12 bits per heavy atom. The lowest BCUT2D eigenvalue weighted by Gasteiger charge is -2.40. The van der Waals surface area contributed by atoms with E-state index in [1.165, 1.54) is 0 Å². The number of benzene rings is 1. The van der Waals surface area contributed by atoms with Gasteiger partial charge in [-0.1, -0.05) is 25.5 Å². The van der Waals surface area contributed by atoms with Gasteiger partial charge in [-0.2, -0.15) is 5.10 Å². The van der Waals surface area contributed by atoms with E-state index in [1.807, 2.05) is 30.3 Å². The minimum absolute atomic E-state index is 0.168. The maximum Gasteiger partial charge on any atom is 0.282 e. The van der Waals surface area contributed by atoms with E-state index in [2.05, 4.69) is 17.0 Å². The zero-order valence-electron chi connectivity index (χ0n) is 18.8. The second-order valence-electron chi connectivity index (χ2n) is 8.68. The first kappa shape index (κ1) is 22.4. The third kappa shape index (κ3) is 4.12. The molecule has 1 fully saturated rings. The second-order valence-corrected chi connectivity index (χ2v) is 8.68. The molecule has 0 radical (unpaired) electrons. The molecule has 9 heteroatoms. The first-order chi connectivity index (χ1) is 16.4. The topological polar surface area (TPSA) is 93.1 Å². The van der Waals surface area contributed by atoms with Gasteiger partial charge in [0, 0.05) is 22.7 Å². The lowest BCUT2D eigenvalue weighted by atomic mass is 10.0. The number of anilines is 1. The summed E-state index contributed by atoms with van der Waals surface area (Å²) in [5.74, 6) is -2.18. The minimum atomic E-state index is -2.71. The molecule has 176 valence electrons. The summed E-state index contributed by atoms with van der Waals surface area (Å²) in [7, 11) is 0. The zero-order chi connectivity index (χ0) is 23.9. The molecule has 4 heterocycles. The van der Waals surface area contributed by atoms with Gasteiger partial charge in [0.25, 0.3) is 5.92 Å². The van der Waals surface area contributed by atoms with E-state index in [9.17, 15) is 13.9 Å². The van der Waals surface area contributed by atoms with Crippen LogP contribution in [0.3, 0.4) is 0 Å². The van der Waals surface area contributed by atoms with Crippen LogP contribution in [0.25, 0.3) is 28.0 Å². The predicted octanol–water partition coefficient (Wildman–Crippen LogP) is 4.23. The van der Waals surface area contributed by atoms with Gasteiger partial charge < -0.3 is 15.7 Å². The van der Waals surface area contributed by atoms with Crippen LogP contribution in [0.15, 0.2) is 54.7 Å². The van der Waals surface area contributed by atoms with Crippen LogP contribution < -0.4 is 10.6 Å². The molecule has 5 rings (SSSR count). The molecule has 3 N–H and O–H groups in total. The first-order valence-corrected chi connectivity index (χ1v) is 11.3. The van der Waals surface area contributed by atoms with Crippen molar-refractivity contribution in [1.29, 1.82) is 0 Å². The Hall–Kier alpha value is -3.43. The number of aliphatic hydroxyl groups excluding tert-OH is 1. The van der Waals surface area contributed by atoms with Crippen molar-refractivity contribution in [3.63, 3.8) is 0 Å². The summed E-state index contributed by atoms with van der Waals surface area (Å²) < 4.78 is 29.1. The number of rotatable bonds is 7. The quantitative estimate of drug-likeness (QED) is 0.425. The molecule has 0 amide bonds. The number of hydrogen-bond donors (Lipinski definition) is 2. The van der Waals surface area contributed by atoms with Gasteiger partial charge in [0.05, 0.1) is 48.5 Å². The van der Waals surface area contributed by atoms with Crippen molar-refractivity contribution in [3.05, 3.63) is 66.1 Å². The van der Waals surface area contributed by atoms with E-state index >= 15 is 0 Å². The fourth-order valence-electron chi connectivity index (χ4n) is 4.33. The van der Waals surface area contributed by atoms with Crippen LogP contribution in [0.1, 0.15) is 37.2 Å². The molecule has 34 heavy (non-hydrogen) atoms. The predicted molar refractivity (Wildman–Crippen MR) is 127 cm³/mol. The molecule has 1 aliphatic heterocycles. The monoisotopic (exact) mass is 464 g/mol. The van der Waals surface area contributed by atoms with Gasteiger partial charge in [0.1, 0.15) is 0 Å². The van der Waals surface area contributed by atoms with E-state index < -0.39 is 5.92 Å². The highest BCUT2D eigenvalue weighted by molar-refractivity contribution is 5.97. The highest BCUT2D eigenvalue weighted by atomic mass is 19.3. The van der Waals surface area contributed by atoms with Crippen molar-refractivity contribution in [3.8, 4) is 17.1 Å². The number of fused-ring (bicyclic) bond motifs is 1. The number of alkyl halides is 2. The molecule has 0 bridgehead atoms. The number of aromatic nitrogens is 4. The summed E-state index contributed by atoms with van der Waals surface area (Å²) in [5, 5.41) is 14.7. The first-order valence-electron chi connectivity index (χ1n) is 11.3. The highest BCUT2D eigenvalue weighted by Gasteiger charge is 2.44. The molecule has 1 saturated heterocycles. The number of aliphatic hydroxyl groups is 1. The number of nitrogens with zero attached hydrogens (tertiary/aromatic N) is 5. The van der Waals surface area contributed by atoms with Crippen molar-refractivity contribution in [1.82, 2.24) is 19.7 Å². The van der Waals surface area contributed by atoms with Gasteiger partial charge in [-0.3, -0.25) is 4.98 Å². The van der Waals surface area contributed by atoms with Crippen molar-refractivity contribution in [2.24, 2.45) is 5.73 Å². The molecule has 0 saturated carbocycles. The second kappa shape index (κ2) is 8.73. The summed E-state index contributed by atoms with van der Waals surface area (Å²) in [4.78, 5) is 10.9. The molecule has 3 aromatic heterocycles. The largest absolute Gasteiger partial charge is 0.390 e. The average Bonchev–Trinajstić information content (AvgIpc) is 3.26. The Kier molecular flexibility index (Phi) is 5.75. The molecule has 1 unspecified atom stereocenters. The summed E-state index contributed by atoms with van der Waals surface area (Å²) in [6.07, 6.45) is 3.44. The molecular formula is C25H26F2N6O. The summed E-state index contributed by atoms with van der Waals surface area (Å²) in [5.41, 5.74) is 10.5. The molecular weight excluding hydrogens is 438 g/mol. The van der Waals surface area contributed by atoms with Crippen molar-refractivity contribution < 1.29 is 13.9 Å². The molecule has 1 aliphatic rings. The number of nitrogens with two attached hydrogens (primary N) is 1. The van der Waals surface area contributed by atoms with Gasteiger partial charge in [0.2, 0.25) is 0 Å². The van der Waals surface area contributed by atoms with E-state index in [0.717, 1.165) is 35.0 Å². The Labute approximate surface area is 195 Å². The van der Waals surface area contributed by atoms with Crippen LogP contribution in [0, 0.1) is 0 Å². The van der Waals surface area contributed by atoms with Crippen LogP contribution in [0.5, 0.6) is 0 Å². The minimum Gasteiger partial charge on any atom is -0.390 e. The molecule has 1 atom stereocenters. The third-order valence-corrected chi connectivity index (χ3v) is 6.07. The van der Waals surface area contributed by atoms with Crippen molar-refractivity contribution in [2.45, 2.75) is 38.3 Å². The number of halogens is 2. The van der Waals surface area contributed by atoms with Crippen LogP contribution in [-0.4, -0.2) is 43.9 Å². The van der Waals surface area contributed by atoms with Gasteiger partial charge in [-0.25, -0.2) is 18.4 Å². The Morgan fingerprint density at radius 3 is 2.65 bits per heavy atom. The van der Waals surface area contributed by atoms with Crippen LogP contribution in [0.4, 0.5) is 14.5 Å². The van der Waals surface area contributed by atoms with Crippen LogP contribution >= 0.6 is 0 Å². The molecule has 4 aromatic rings. The maximum absolute atomic E-state index is 13.7. The van der Waals surface area contributed by atoms with E-state index in [-0.39, 0.29) is 25.7 Å². The lowest BCUT2D eigenvalue weighted by Crippen LogP contribution is -2.56. The average molecular weight is 465 g/mol. The Balaban J connectivity index is 1.66. The Morgan fingerprint density at radius 2 is 1.91 bits per heavy atom. The SMILES string of the molecule is CCCC(N)c1cccc(-c2cc(N3CC(F)(F)C3)c3cnn(-c4cccc(CO)n4)c3c2)n1. The standard InChI is InChI=1S/C25H26F2N6O/c1-2-5-19(28)21-8-4-7-20(31-21)16-10-22(32-14-25(26,27)15-32)18-12-29-33(23(18)11-16)24-9-3-6-17(13-34)30-24/h3-4,6-12,19,34H,2,5,13-15,28H2,1H3. The summed E-state index contributed by atoms with van der Waals surface area (Å²) in [6, 6.07) is 14.7. The number of pyridine rings is 2. The maximum atomic E-state index is 13.7. The third-order valence-electron chi connectivity index (χ3n) is 6.07. The van der Waals surface area contributed by atoms with Gasteiger partial charge in [-0.15, -0.1) is 0 Å². The molecule has 0 aliphatic carbocycles. The van der Waals surface area contributed by atoms with Crippen molar-refractivity contribution in [2.75, 3.05) is 18.0 Å².